The van der Waals surface area contributed by atoms with Crippen LogP contribution < -0.4 is 0 Å². The Balaban J connectivity index is 1.28. The standard InChI is InChI=1S/C40H24N2O2/c1-3-11-25(12-4-1)32-24-33(26-13-5-2-6-14-26)42-40(41-32)27-21-22-35-31(23-27)39-29(17-10-20-37(39)44-35)28-16-9-19-36-38(28)30-15-7-8-18-34(30)43-36/h1-24H. The molecule has 3 heterocycles. The summed E-state index contributed by atoms with van der Waals surface area (Å²) >= 11 is 0. The zero-order chi connectivity index (χ0) is 29.0. The van der Waals surface area contributed by atoms with Gasteiger partial charge in [0.1, 0.15) is 22.3 Å². The fourth-order valence-electron chi connectivity index (χ4n) is 6.28. The molecule has 4 nitrogen and oxygen atoms in total. The third kappa shape index (κ3) is 3.92. The summed E-state index contributed by atoms with van der Waals surface area (Å²) in [5.41, 5.74) is 10.4. The topological polar surface area (TPSA) is 52.1 Å². The van der Waals surface area contributed by atoms with E-state index in [1.54, 1.807) is 0 Å². The van der Waals surface area contributed by atoms with Crippen LogP contribution in [-0.2, 0) is 0 Å². The van der Waals surface area contributed by atoms with E-state index >= 15 is 0 Å². The molecular formula is C40H24N2O2. The Labute approximate surface area is 252 Å². The van der Waals surface area contributed by atoms with Gasteiger partial charge in [-0.05, 0) is 53.6 Å². The Kier molecular flexibility index (Phi) is 5.47. The van der Waals surface area contributed by atoms with Crippen LogP contribution in [-0.4, -0.2) is 9.97 Å². The molecule has 0 fully saturated rings. The average Bonchev–Trinajstić information content (AvgIpc) is 3.67. The van der Waals surface area contributed by atoms with Crippen molar-refractivity contribution in [1.29, 1.82) is 0 Å². The number of hydrogen-bond donors (Lipinski definition) is 0. The first-order valence-electron chi connectivity index (χ1n) is 14.7. The number of benzene rings is 6. The first-order valence-corrected chi connectivity index (χ1v) is 14.7. The zero-order valence-corrected chi connectivity index (χ0v) is 23.6. The second-order valence-electron chi connectivity index (χ2n) is 11.0. The highest BCUT2D eigenvalue weighted by Gasteiger charge is 2.19. The Morgan fingerprint density at radius 1 is 0.364 bits per heavy atom. The first kappa shape index (κ1) is 24.6. The fraction of sp³-hybridized carbons (Fsp3) is 0. The van der Waals surface area contributed by atoms with Crippen LogP contribution in [0.25, 0.3) is 88.9 Å². The van der Waals surface area contributed by atoms with Gasteiger partial charge in [0.25, 0.3) is 0 Å². The van der Waals surface area contributed by atoms with Gasteiger partial charge >= 0.3 is 0 Å². The molecule has 0 atom stereocenters. The van der Waals surface area contributed by atoms with Crippen molar-refractivity contribution < 1.29 is 8.83 Å². The van der Waals surface area contributed by atoms with Crippen molar-refractivity contribution >= 4 is 43.9 Å². The quantitative estimate of drug-likeness (QED) is 0.213. The van der Waals surface area contributed by atoms with E-state index in [2.05, 4.69) is 72.8 Å². The number of furan rings is 2. The van der Waals surface area contributed by atoms with Gasteiger partial charge in [-0.2, -0.15) is 0 Å². The summed E-state index contributed by atoms with van der Waals surface area (Å²) in [5.74, 6) is 0.668. The van der Waals surface area contributed by atoms with E-state index in [1.165, 1.54) is 0 Å². The highest BCUT2D eigenvalue weighted by Crippen LogP contribution is 2.43. The molecule has 0 bridgehead atoms. The summed E-state index contributed by atoms with van der Waals surface area (Å²) in [7, 11) is 0. The van der Waals surface area contributed by atoms with Crippen LogP contribution in [0.15, 0.2) is 154 Å². The van der Waals surface area contributed by atoms with E-state index in [0.717, 1.165) is 83.1 Å². The molecule has 3 aromatic heterocycles. The van der Waals surface area contributed by atoms with Crippen molar-refractivity contribution in [3.05, 3.63) is 146 Å². The number of para-hydroxylation sites is 1. The summed E-state index contributed by atoms with van der Waals surface area (Å²) in [6.07, 6.45) is 0. The first-order chi connectivity index (χ1) is 21.8. The molecule has 0 saturated carbocycles. The molecule has 0 saturated heterocycles. The molecule has 0 radical (unpaired) electrons. The van der Waals surface area contributed by atoms with Crippen LogP contribution in [0.4, 0.5) is 0 Å². The monoisotopic (exact) mass is 564 g/mol. The third-order valence-corrected chi connectivity index (χ3v) is 8.31. The Bertz CT molecular complexity index is 2430. The number of rotatable bonds is 4. The molecule has 0 spiro atoms. The van der Waals surface area contributed by atoms with Gasteiger partial charge in [-0.15, -0.1) is 0 Å². The fourth-order valence-corrected chi connectivity index (χ4v) is 6.28. The summed E-state index contributed by atoms with van der Waals surface area (Å²) in [6.45, 7) is 0. The Morgan fingerprint density at radius 3 is 1.52 bits per heavy atom. The van der Waals surface area contributed by atoms with Crippen molar-refractivity contribution in [2.45, 2.75) is 0 Å². The van der Waals surface area contributed by atoms with Crippen LogP contribution in [0.5, 0.6) is 0 Å². The van der Waals surface area contributed by atoms with Crippen molar-refractivity contribution in [2.75, 3.05) is 0 Å². The van der Waals surface area contributed by atoms with Crippen LogP contribution in [0.2, 0.25) is 0 Å². The lowest BCUT2D eigenvalue weighted by molar-refractivity contribution is 0.668. The molecule has 0 aliphatic rings. The minimum atomic E-state index is 0.668. The molecule has 6 aromatic carbocycles. The Morgan fingerprint density at radius 2 is 0.886 bits per heavy atom. The average molecular weight is 565 g/mol. The largest absolute Gasteiger partial charge is 0.456 e. The van der Waals surface area contributed by atoms with E-state index in [1.807, 2.05) is 72.8 Å². The summed E-state index contributed by atoms with van der Waals surface area (Å²) in [5, 5.41) is 4.29. The number of fused-ring (bicyclic) bond motifs is 6. The molecule has 9 rings (SSSR count). The lowest BCUT2D eigenvalue weighted by atomic mass is 9.95. The van der Waals surface area contributed by atoms with Gasteiger partial charge in [0.2, 0.25) is 0 Å². The van der Waals surface area contributed by atoms with Crippen LogP contribution in [0, 0.1) is 0 Å². The van der Waals surface area contributed by atoms with Gasteiger partial charge in [-0.25, -0.2) is 9.97 Å². The lowest BCUT2D eigenvalue weighted by Crippen LogP contribution is -1.95. The highest BCUT2D eigenvalue weighted by atomic mass is 16.3. The molecule has 0 aliphatic heterocycles. The molecule has 206 valence electrons. The number of hydrogen-bond acceptors (Lipinski definition) is 4. The van der Waals surface area contributed by atoms with Gasteiger partial charge in [0.05, 0.1) is 11.4 Å². The maximum absolute atomic E-state index is 6.41. The normalized spacial score (nSPS) is 11.6. The number of nitrogens with zero attached hydrogens (tertiary/aromatic N) is 2. The van der Waals surface area contributed by atoms with Crippen LogP contribution >= 0.6 is 0 Å². The van der Waals surface area contributed by atoms with Crippen molar-refractivity contribution in [2.24, 2.45) is 0 Å². The lowest BCUT2D eigenvalue weighted by Gasteiger charge is -2.10. The minimum absolute atomic E-state index is 0.668. The molecule has 4 heteroatoms. The Hall–Kier alpha value is -6.00. The van der Waals surface area contributed by atoms with Gasteiger partial charge in [0, 0.05) is 38.2 Å². The highest BCUT2D eigenvalue weighted by molar-refractivity contribution is 6.19. The number of aromatic nitrogens is 2. The predicted octanol–water partition coefficient (Wildman–Crippen LogP) is 10.9. The van der Waals surface area contributed by atoms with E-state index in [0.29, 0.717) is 5.82 Å². The maximum Gasteiger partial charge on any atom is 0.160 e. The minimum Gasteiger partial charge on any atom is -0.456 e. The molecule has 0 unspecified atom stereocenters. The second-order valence-corrected chi connectivity index (χ2v) is 11.0. The van der Waals surface area contributed by atoms with E-state index in [-0.39, 0.29) is 0 Å². The van der Waals surface area contributed by atoms with Crippen molar-refractivity contribution in [3.8, 4) is 45.0 Å². The van der Waals surface area contributed by atoms with Crippen molar-refractivity contribution in [1.82, 2.24) is 9.97 Å². The summed E-state index contributed by atoms with van der Waals surface area (Å²) in [4.78, 5) is 10.1. The molecular weight excluding hydrogens is 540 g/mol. The predicted molar refractivity (Wildman–Crippen MR) is 178 cm³/mol. The SMILES string of the molecule is c1ccc(-c2cc(-c3ccccc3)nc(-c3ccc4oc5cccc(-c6cccc7oc8ccccc8c67)c5c4c3)n2)cc1. The molecule has 0 aliphatic carbocycles. The van der Waals surface area contributed by atoms with E-state index < -0.39 is 0 Å². The van der Waals surface area contributed by atoms with Gasteiger partial charge in [0.15, 0.2) is 5.82 Å². The van der Waals surface area contributed by atoms with Gasteiger partial charge in [-0.3, -0.25) is 0 Å². The van der Waals surface area contributed by atoms with Crippen LogP contribution in [0.1, 0.15) is 0 Å². The molecule has 0 N–H and O–H groups in total. The molecule has 9 aromatic rings. The molecule has 0 amide bonds. The van der Waals surface area contributed by atoms with Gasteiger partial charge < -0.3 is 8.83 Å². The van der Waals surface area contributed by atoms with Crippen LogP contribution in [0.3, 0.4) is 0 Å². The van der Waals surface area contributed by atoms with Gasteiger partial charge in [-0.1, -0.05) is 103 Å². The smallest absolute Gasteiger partial charge is 0.160 e. The van der Waals surface area contributed by atoms with E-state index in [4.69, 9.17) is 18.8 Å². The second kappa shape index (κ2) is 9.79. The summed E-state index contributed by atoms with van der Waals surface area (Å²) in [6, 6.07) is 49.5. The van der Waals surface area contributed by atoms with Crippen molar-refractivity contribution in [3.63, 3.8) is 0 Å². The summed E-state index contributed by atoms with van der Waals surface area (Å²) < 4.78 is 12.6. The maximum atomic E-state index is 6.41. The zero-order valence-electron chi connectivity index (χ0n) is 23.6. The third-order valence-electron chi connectivity index (χ3n) is 8.31. The molecule has 44 heavy (non-hydrogen) atoms. The van der Waals surface area contributed by atoms with E-state index in [9.17, 15) is 0 Å².